The van der Waals surface area contributed by atoms with E-state index in [-0.39, 0.29) is 5.03 Å². The number of hydrogen-bond donors (Lipinski definition) is 1. The van der Waals surface area contributed by atoms with Gasteiger partial charge in [0.25, 0.3) is 0 Å². The van der Waals surface area contributed by atoms with E-state index in [1.807, 2.05) is 11.4 Å². The molecule has 1 aromatic rings. The van der Waals surface area contributed by atoms with E-state index < -0.39 is 5.97 Å². The molecule has 11 heavy (non-hydrogen) atoms. The molecular weight excluding hydrogens is 184 g/mol. The molecule has 0 spiro atoms. The molecule has 0 aliphatic rings. The van der Waals surface area contributed by atoms with Crippen LogP contribution in [0.15, 0.2) is 22.5 Å². The van der Waals surface area contributed by atoms with E-state index in [1.165, 1.54) is 17.4 Å². The molecule has 0 aliphatic carbocycles. The molecule has 0 bridgehead atoms. The van der Waals surface area contributed by atoms with Gasteiger partial charge in [0.15, 0.2) is 0 Å². The first-order chi connectivity index (χ1) is 5.20. The maximum Gasteiger partial charge on any atom is 0.347 e. The molecule has 1 aromatic heterocycles. The van der Waals surface area contributed by atoms with Gasteiger partial charge in [0, 0.05) is 4.88 Å². The van der Waals surface area contributed by atoms with Crippen molar-refractivity contribution in [2.75, 3.05) is 0 Å². The number of aliphatic carboxylic acids is 1. The molecule has 0 radical (unpaired) electrons. The molecule has 0 amide bonds. The lowest BCUT2D eigenvalue weighted by Gasteiger charge is -1.86. The van der Waals surface area contributed by atoms with E-state index in [2.05, 4.69) is 0 Å². The van der Waals surface area contributed by atoms with Crippen LogP contribution < -0.4 is 0 Å². The minimum atomic E-state index is -1.10. The van der Waals surface area contributed by atoms with Gasteiger partial charge in [-0.15, -0.1) is 11.3 Å². The molecular formula is C7H5ClO2S. The Hall–Kier alpha value is -0.800. The van der Waals surface area contributed by atoms with E-state index in [9.17, 15) is 4.79 Å². The molecule has 0 atom stereocenters. The molecule has 0 saturated carbocycles. The summed E-state index contributed by atoms with van der Waals surface area (Å²) in [4.78, 5) is 11.1. The second-order valence-corrected chi connectivity index (χ2v) is 3.20. The highest BCUT2D eigenvalue weighted by atomic mass is 35.5. The summed E-state index contributed by atoms with van der Waals surface area (Å²) < 4.78 is 0. The number of thiophene rings is 1. The topological polar surface area (TPSA) is 37.3 Å². The Morgan fingerprint density at radius 1 is 1.73 bits per heavy atom. The van der Waals surface area contributed by atoms with Crippen LogP contribution in [0, 0.1) is 0 Å². The van der Waals surface area contributed by atoms with Crippen LogP contribution in [0.2, 0.25) is 0 Å². The summed E-state index contributed by atoms with van der Waals surface area (Å²) in [6.45, 7) is 0. The fourth-order valence-corrected chi connectivity index (χ4v) is 1.40. The van der Waals surface area contributed by atoms with Gasteiger partial charge in [-0.2, -0.15) is 0 Å². The molecule has 2 nitrogen and oxygen atoms in total. The van der Waals surface area contributed by atoms with Crippen molar-refractivity contribution in [3.8, 4) is 0 Å². The van der Waals surface area contributed by atoms with Gasteiger partial charge in [-0.1, -0.05) is 17.7 Å². The van der Waals surface area contributed by atoms with E-state index in [0.717, 1.165) is 4.88 Å². The first-order valence-electron chi connectivity index (χ1n) is 2.84. The fourth-order valence-electron chi connectivity index (χ4n) is 0.560. The molecule has 58 valence electrons. The minimum absolute atomic E-state index is 0.160. The summed E-state index contributed by atoms with van der Waals surface area (Å²) in [6, 6.07) is 3.64. The summed E-state index contributed by atoms with van der Waals surface area (Å²) >= 11 is 6.82. The first-order valence-corrected chi connectivity index (χ1v) is 4.10. The van der Waals surface area contributed by atoms with Crippen molar-refractivity contribution >= 4 is 35.0 Å². The monoisotopic (exact) mass is 188 g/mol. The highest BCUT2D eigenvalue weighted by Gasteiger charge is 2.01. The van der Waals surface area contributed by atoms with Gasteiger partial charge in [-0.3, -0.25) is 0 Å². The minimum Gasteiger partial charge on any atom is -0.477 e. The van der Waals surface area contributed by atoms with Crippen molar-refractivity contribution in [1.82, 2.24) is 0 Å². The molecule has 0 fully saturated rings. The van der Waals surface area contributed by atoms with Crippen molar-refractivity contribution in [1.29, 1.82) is 0 Å². The molecule has 4 heteroatoms. The summed E-state index contributed by atoms with van der Waals surface area (Å²) in [6.07, 6.45) is 1.43. The van der Waals surface area contributed by atoms with Crippen molar-refractivity contribution in [3.05, 3.63) is 27.4 Å². The van der Waals surface area contributed by atoms with Gasteiger partial charge < -0.3 is 5.11 Å². The molecule has 0 unspecified atom stereocenters. The number of halogens is 1. The first kappa shape index (κ1) is 8.30. The van der Waals surface area contributed by atoms with Crippen LogP contribution in [0.1, 0.15) is 4.88 Å². The van der Waals surface area contributed by atoms with Crippen molar-refractivity contribution in [3.63, 3.8) is 0 Å². The molecule has 1 heterocycles. The van der Waals surface area contributed by atoms with Crippen LogP contribution in [-0.4, -0.2) is 11.1 Å². The Morgan fingerprint density at radius 2 is 2.45 bits per heavy atom. The highest BCUT2D eigenvalue weighted by Crippen LogP contribution is 2.15. The van der Waals surface area contributed by atoms with Crippen LogP contribution in [0.25, 0.3) is 6.08 Å². The van der Waals surface area contributed by atoms with E-state index >= 15 is 0 Å². The predicted octanol–water partition coefficient (Wildman–Crippen LogP) is 2.41. The number of rotatable bonds is 2. The Balaban J connectivity index is 2.82. The highest BCUT2D eigenvalue weighted by molar-refractivity contribution is 7.10. The summed E-state index contributed by atoms with van der Waals surface area (Å²) in [5.74, 6) is -1.10. The summed E-state index contributed by atoms with van der Waals surface area (Å²) in [5.41, 5.74) is 0. The van der Waals surface area contributed by atoms with Crippen LogP contribution in [0.5, 0.6) is 0 Å². The van der Waals surface area contributed by atoms with Gasteiger partial charge in [0.2, 0.25) is 0 Å². The van der Waals surface area contributed by atoms with Gasteiger partial charge in [-0.25, -0.2) is 4.79 Å². The van der Waals surface area contributed by atoms with E-state index in [0.29, 0.717) is 0 Å². The Kier molecular flexibility index (Phi) is 2.68. The van der Waals surface area contributed by atoms with Crippen LogP contribution >= 0.6 is 22.9 Å². The maximum atomic E-state index is 10.2. The van der Waals surface area contributed by atoms with Gasteiger partial charge in [0.1, 0.15) is 5.03 Å². The Labute approximate surface area is 72.7 Å². The quantitative estimate of drug-likeness (QED) is 0.724. The number of carboxylic acids is 1. The molecule has 1 rings (SSSR count). The van der Waals surface area contributed by atoms with E-state index in [4.69, 9.17) is 16.7 Å². The zero-order valence-electron chi connectivity index (χ0n) is 5.45. The van der Waals surface area contributed by atoms with E-state index in [1.54, 1.807) is 6.07 Å². The Morgan fingerprint density at radius 3 is 2.91 bits per heavy atom. The Bertz CT molecular complexity index is 277. The lowest BCUT2D eigenvalue weighted by molar-refractivity contribution is -0.131. The third-order valence-electron chi connectivity index (χ3n) is 1.02. The average molecular weight is 189 g/mol. The SMILES string of the molecule is O=C(O)C(Cl)=Cc1cccs1. The molecule has 1 N–H and O–H groups in total. The summed E-state index contributed by atoms with van der Waals surface area (Å²) in [5, 5.41) is 10.1. The van der Waals surface area contributed by atoms with Crippen LogP contribution in [-0.2, 0) is 4.79 Å². The van der Waals surface area contributed by atoms with Gasteiger partial charge in [-0.05, 0) is 17.5 Å². The van der Waals surface area contributed by atoms with Crippen molar-refractivity contribution in [2.24, 2.45) is 0 Å². The van der Waals surface area contributed by atoms with Gasteiger partial charge in [0.05, 0.1) is 0 Å². The standard InChI is InChI=1S/C7H5ClO2S/c8-6(7(9)10)4-5-2-1-3-11-5/h1-4H,(H,9,10). The predicted molar refractivity (Wildman–Crippen MR) is 45.8 cm³/mol. The third kappa shape index (κ3) is 2.37. The zero-order chi connectivity index (χ0) is 8.27. The lowest BCUT2D eigenvalue weighted by Crippen LogP contribution is -1.92. The van der Waals surface area contributed by atoms with Crippen molar-refractivity contribution in [2.45, 2.75) is 0 Å². The molecule has 0 saturated heterocycles. The van der Waals surface area contributed by atoms with Crippen molar-refractivity contribution < 1.29 is 9.90 Å². The normalized spacial score (nSPS) is 11.5. The van der Waals surface area contributed by atoms with Gasteiger partial charge >= 0.3 is 5.97 Å². The third-order valence-corrected chi connectivity index (χ3v) is 2.11. The average Bonchev–Trinajstić information content (AvgIpc) is 2.39. The second kappa shape index (κ2) is 3.55. The number of carbonyl (C=O) groups is 1. The number of carboxylic acid groups (broad SMARTS) is 1. The zero-order valence-corrected chi connectivity index (χ0v) is 7.02. The lowest BCUT2D eigenvalue weighted by atomic mass is 10.4. The molecule has 0 aliphatic heterocycles. The smallest absolute Gasteiger partial charge is 0.347 e. The fraction of sp³-hybridized carbons (Fsp3) is 0. The van der Waals surface area contributed by atoms with Crippen LogP contribution in [0.4, 0.5) is 0 Å². The molecule has 0 aromatic carbocycles. The summed E-state index contributed by atoms with van der Waals surface area (Å²) in [7, 11) is 0. The maximum absolute atomic E-state index is 10.2. The largest absolute Gasteiger partial charge is 0.477 e. The second-order valence-electron chi connectivity index (χ2n) is 1.81. The van der Waals surface area contributed by atoms with Crippen LogP contribution in [0.3, 0.4) is 0 Å². The number of hydrogen-bond acceptors (Lipinski definition) is 2.